The Morgan fingerprint density at radius 3 is 2.43 bits per heavy atom. The maximum atomic E-state index is 14.3. The number of aliphatic hydroxyl groups excluding tert-OH is 1. The van der Waals surface area contributed by atoms with Crippen LogP contribution in [0.2, 0.25) is 0 Å². The molecule has 3 aliphatic carbocycles. The van der Waals surface area contributed by atoms with Gasteiger partial charge in [-0.2, -0.15) is 4.31 Å². The number of nitrogens with zero attached hydrogens (tertiary/aromatic N) is 1. The zero-order valence-corrected chi connectivity index (χ0v) is 27.5. The van der Waals surface area contributed by atoms with Crippen molar-refractivity contribution in [1.82, 2.24) is 4.31 Å². The quantitative estimate of drug-likeness (QED) is 0.219. The van der Waals surface area contributed by atoms with Gasteiger partial charge >= 0.3 is 0 Å². The van der Waals surface area contributed by atoms with E-state index in [4.69, 9.17) is 0 Å². The van der Waals surface area contributed by atoms with Crippen molar-refractivity contribution >= 4 is 15.8 Å². The molecule has 4 unspecified atom stereocenters. The van der Waals surface area contributed by atoms with E-state index in [2.05, 4.69) is 6.08 Å². The number of halogens is 2. The second-order valence-electron chi connectivity index (χ2n) is 13.4. The molecular formula is C37H43F2NO5S. The molecule has 0 amide bonds. The van der Waals surface area contributed by atoms with Gasteiger partial charge in [0.15, 0.2) is 17.4 Å². The highest BCUT2D eigenvalue weighted by Crippen LogP contribution is 2.59. The van der Waals surface area contributed by atoms with Gasteiger partial charge in [0.25, 0.3) is 0 Å². The minimum absolute atomic E-state index is 0.00130. The molecule has 2 bridgehead atoms. The Morgan fingerprint density at radius 2 is 1.74 bits per heavy atom. The van der Waals surface area contributed by atoms with E-state index in [0.717, 1.165) is 35.1 Å². The predicted octanol–water partition coefficient (Wildman–Crippen LogP) is 6.70. The Labute approximate surface area is 270 Å². The topological polar surface area (TPSA) is 94.9 Å². The number of fused-ring (bicyclic) bond motifs is 8. The second kappa shape index (κ2) is 13.5. The van der Waals surface area contributed by atoms with E-state index in [0.29, 0.717) is 56.1 Å². The molecule has 0 heterocycles. The van der Waals surface area contributed by atoms with Crippen molar-refractivity contribution in [3.05, 3.63) is 118 Å². The van der Waals surface area contributed by atoms with Crippen LogP contribution in [0, 0.1) is 17.0 Å². The lowest BCUT2D eigenvalue weighted by atomic mass is 9.64. The van der Waals surface area contributed by atoms with Gasteiger partial charge in [-0.3, -0.25) is 4.79 Å². The number of rotatable bonds is 7. The van der Waals surface area contributed by atoms with Crippen LogP contribution >= 0.6 is 0 Å². The molecule has 4 atom stereocenters. The van der Waals surface area contributed by atoms with Gasteiger partial charge in [0.05, 0.1) is 18.0 Å². The first kappa shape index (κ1) is 34.1. The van der Waals surface area contributed by atoms with Gasteiger partial charge in [0.2, 0.25) is 10.0 Å². The highest BCUT2D eigenvalue weighted by atomic mass is 32.2. The average Bonchev–Trinajstić information content (AvgIpc) is 3.26. The lowest BCUT2D eigenvalue weighted by Gasteiger charge is -2.45. The monoisotopic (exact) mass is 651 g/mol. The summed E-state index contributed by atoms with van der Waals surface area (Å²) in [7, 11) is -3.71. The molecule has 3 aromatic rings. The van der Waals surface area contributed by atoms with E-state index in [1.165, 1.54) is 10.4 Å². The maximum absolute atomic E-state index is 14.3. The number of aliphatic hydroxyl groups is 2. The fraction of sp³-hybridized carbons (Fsp3) is 0.432. The summed E-state index contributed by atoms with van der Waals surface area (Å²) in [6, 6.07) is 17.8. The zero-order chi connectivity index (χ0) is 33.3. The minimum Gasteiger partial charge on any atom is -0.393 e. The molecule has 3 aromatic carbocycles. The molecule has 3 aliphatic rings. The third-order valence-corrected chi connectivity index (χ3v) is 11.4. The van der Waals surface area contributed by atoms with Crippen LogP contribution < -0.4 is 0 Å². The highest BCUT2D eigenvalue weighted by Gasteiger charge is 2.57. The standard InChI is InChI=1S/C37H43F2NO5S/c1-25-8-7-18-36(2)32(17-19-37(36,43)24-40(46(3,44)45)23-26-9-5-4-6-10-26)30-15-12-27(20-29(41)14-11-25)21-31(30)35(42)28-13-16-33(38)34(39)22-28/h4-6,8-10,12-13,15-16,21-22,29,32,41,43H,7,11,14,17-20,23-24H2,1-3H3. The number of carbonyl (C=O) groups is 1. The fourth-order valence-electron chi connectivity index (χ4n) is 7.36. The van der Waals surface area contributed by atoms with E-state index < -0.39 is 44.6 Å². The van der Waals surface area contributed by atoms with Crippen LogP contribution in [-0.2, 0) is 23.0 Å². The van der Waals surface area contributed by atoms with Crippen LogP contribution in [0.15, 0.2) is 78.4 Å². The minimum atomic E-state index is -3.71. The van der Waals surface area contributed by atoms with Crippen molar-refractivity contribution in [2.75, 3.05) is 12.8 Å². The highest BCUT2D eigenvalue weighted by molar-refractivity contribution is 7.88. The van der Waals surface area contributed by atoms with Crippen molar-refractivity contribution < 1.29 is 32.2 Å². The number of carbonyl (C=O) groups excluding carboxylic acids is 1. The molecule has 246 valence electrons. The third kappa shape index (κ3) is 7.18. The van der Waals surface area contributed by atoms with Crippen LogP contribution in [0.25, 0.3) is 0 Å². The number of allylic oxidation sites excluding steroid dienone is 2. The average molecular weight is 652 g/mol. The molecular weight excluding hydrogens is 608 g/mol. The Morgan fingerprint density at radius 1 is 1.00 bits per heavy atom. The summed E-state index contributed by atoms with van der Waals surface area (Å²) in [4.78, 5) is 14.0. The van der Waals surface area contributed by atoms with Crippen LogP contribution in [-0.4, -0.2) is 53.2 Å². The van der Waals surface area contributed by atoms with Gasteiger partial charge in [-0.25, -0.2) is 17.2 Å². The summed E-state index contributed by atoms with van der Waals surface area (Å²) in [5, 5.41) is 23.4. The van der Waals surface area contributed by atoms with Gasteiger partial charge in [0.1, 0.15) is 0 Å². The van der Waals surface area contributed by atoms with Crippen molar-refractivity contribution in [3.8, 4) is 0 Å². The third-order valence-electron chi connectivity index (χ3n) is 10.2. The summed E-state index contributed by atoms with van der Waals surface area (Å²) in [6.07, 6.45) is 6.09. The van der Waals surface area contributed by atoms with Crippen molar-refractivity contribution in [2.45, 2.75) is 83.0 Å². The van der Waals surface area contributed by atoms with Crippen LogP contribution in [0.1, 0.15) is 90.9 Å². The Balaban J connectivity index is 1.62. The number of hydrogen-bond acceptors (Lipinski definition) is 5. The number of sulfonamides is 1. The van der Waals surface area contributed by atoms with Gasteiger partial charge in [0, 0.05) is 29.6 Å². The molecule has 0 aromatic heterocycles. The molecule has 1 fully saturated rings. The summed E-state index contributed by atoms with van der Waals surface area (Å²) >= 11 is 0. The first-order valence-electron chi connectivity index (χ1n) is 15.9. The van der Waals surface area contributed by atoms with E-state index in [9.17, 15) is 32.2 Å². The number of benzene rings is 3. The lowest BCUT2D eigenvalue weighted by molar-refractivity contribution is -0.0731. The van der Waals surface area contributed by atoms with Gasteiger partial charge in [-0.05, 0) is 98.7 Å². The van der Waals surface area contributed by atoms with Gasteiger partial charge in [-0.15, -0.1) is 0 Å². The molecule has 0 spiro atoms. The van der Waals surface area contributed by atoms with E-state index >= 15 is 0 Å². The molecule has 6 rings (SSSR count). The molecule has 6 nitrogen and oxygen atoms in total. The lowest BCUT2D eigenvalue weighted by Crippen LogP contribution is -2.53. The van der Waals surface area contributed by atoms with Crippen molar-refractivity contribution in [1.29, 1.82) is 0 Å². The molecule has 46 heavy (non-hydrogen) atoms. The van der Waals surface area contributed by atoms with E-state index in [1.54, 1.807) is 6.07 Å². The molecule has 9 heteroatoms. The Bertz CT molecular complexity index is 1730. The molecule has 0 saturated heterocycles. The van der Waals surface area contributed by atoms with E-state index in [-0.39, 0.29) is 24.6 Å². The van der Waals surface area contributed by atoms with Crippen LogP contribution in [0.3, 0.4) is 0 Å². The van der Waals surface area contributed by atoms with Crippen molar-refractivity contribution in [3.63, 3.8) is 0 Å². The largest absolute Gasteiger partial charge is 0.393 e. The molecule has 0 radical (unpaired) electrons. The fourth-order valence-corrected chi connectivity index (χ4v) is 8.19. The smallest absolute Gasteiger partial charge is 0.211 e. The van der Waals surface area contributed by atoms with Crippen molar-refractivity contribution in [2.24, 2.45) is 5.41 Å². The van der Waals surface area contributed by atoms with Gasteiger partial charge < -0.3 is 10.2 Å². The van der Waals surface area contributed by atoms with E-state index in [1.807, 2.05) is 56.3 Å². The summed E-state index contributed by atoms with van der Waals surface area (Å²) in [5.74, 6) is -3.00. The second-order valence-corrected chi connectivity index (χ2v) is 15.4. The first-order valence-corrected chi connectivity index (χ1v) is 17.7. The normalized spacial score (nSPS) is 25.6. The first-order chi connectivity index (χ1) is 21.7. The summed E-state index contributed by atoms with van der Waals surface area (Å²) in [6.45, 7) is 3.99. The number of hydrogen-bond donors (Lipinski definition) is 2. The Kier molecular flexibility index (Phi) is 9.99. The number of ketones is 1. The molecule has 2 N–H and O–H groups in total. The molecule has 1 saturated carbocycles. The molecule has 0 aliphatic heterocycles. The summed E-state index contributed by atoms with van der Waals surface area (Å²) < 4.78 is 55.6. The predicted molar refractivity (Wildman–Crippen MR) is 175 cm³/mol. The van der Waals surface area contributed by atoms with Gasteiger partial charge in [-0.1, -0.05) is 61.0 Å². The maximum Gasteiger partial charge on any atom is 0.211 e. The summed E-state index contributed by atoms with van der Waals surface area (Å²) in [5.41, 5.74) is 1.34. The SMILES string of the molecule is CC1=CCCC2(C)C(CCC2(O)CN(Cc2ccccc2)S(C)(=O)=O)c2ccc(cc2C(=O)c2ccc(F)c(F)c2)CC(O)CC1. The zero-order valence-electron chi connectivity index (χ0n) is 26.7. The van der Waals surface area contributed by atoms with Crippen LogP contribution in [0.5, 0.6) is 0 Å². The Hall–Kier alpha value is -3.24. The van der Waals surface area contributed by atoms with Crippen LogP contribution in [0.4, 0.5) is 8.78 Å².